The Morgan fingerprint density at radius 1 is 1.06 bits per heavy atom. The number of nitrogens with zero attached hydrogens (tertiary/aromatic N) is 2. The van der Waals surface area contributed by atoms with Gasteiger partial charge in [0.15, 0.2) is 0 Å². The summed E-state index contributed by atoms with van der Waals surface area (Å²) in [4.78, 5) is 29.9. The number of rotatable bonds is 6. The van der Waals surface area contributed by atoms with E-state index in [1.807, 2.05) is 44.2 Å². The summed E-state index contributed by atoms with van der Waals surface area (Å²) in [5, 5.41) is 9.79. The maximum atomic E-state index is 14.3. The maximum absolute atomic E-state index is 14.3. The van der Waals surface area contributed by atoms with Gasteiger partial charge < -0.3 is 15.2 Å². The van der Waals surface area contributed by atoms with Gasteiger partial charge in [-0.25, -0.2) is 9.37 Å². The summed E-state index contributed by atoms with van der Waals surface area (Å²) < 4.78 is 19.6. The molecule has 0 aliphatic rings. The van der Waals surface area contributed by atoms with Crippen molar-refractivity contribution in [3.8, 4) is 0 Å². The number of fused-ring (bicyclic) bond motifs is 1. The molecule has 4 aromatic rings. The number of nitrogens with one attached hydrogen (secondary N) is 2. The molecule has 0 aliphatic heterocycles. The number of benzene rings is 2. The fourth-order valence-electron chi connectivity index (χ4n) is 3.46. The van der Waals surface area contributed by atoms with Gasteiger partial charge in [0.25, 0.3) is 11.6 Å². The molecule has 0 radical (unpaired) electrons. The van der Waals surface area contributed by atoms with Gasteiger partial charge >= 0.3 is 0 Å². The molecular weight excluding hydrogens is 423 g/mol. The first-order chi connectivity index (χ1) is 15.8. The van der Waals surface area contributed by atoms with Crippen LogP contribution >= 0.6 is 0 Å². The molecule has 0 unspecified atom stereocenters. The molecule has 0 spiro atoms. The highest BCUT2D eigenvalue weighted by Crippen LogP contribution is 2.27. The van der Waals surface area contributed by atoms with E-state index >= 15 is 0 Å². The SMILES string of the molecule is Cc1noc2nc(C(C)C)cc(C(=O)Nc3ccc(F)c(NC(=O)Cc4ccccc4)c3)c12. The summed E-state index contributed by atoms with van der Waals surface area (Å²) >= 11 is 0. The summed E-state index contributed by atoms with van der Waals surface area (Å²) in [5.41, 5.74) is 3.02. The van der Waals surface area contributed by atoms with Gasteiger partial charge in [-0.15, -0.1) is 0 Å². The Balaban J connectivity index is 1.57. The molecule has 2 N–H and O–H groups in total. The second-order valence-corrected chi connectivity index (χ2v) is 8.06. The number of aromatic nitrogens is 2. The van der Waals surface area contributed by atoms with Crippen molar-refractivity contribution in [2.75, 3.05) is 10.6 Å². The normalized spacial score (nSPS) is 11.1. The Morgan fingerprint density at radius 2 is 1.82 bits per heavy atom. The number of amides is 2. The van der Waals surface area contributed by atoms with Crippen LogP contribution in [0.25, 0.3) is 11.1 Å². The largest absolute Gasteiger partial charge is 0.336 e. The van der Waals surface area contributed by atoms with E-state index in [4.69, 9.17) is 4.52 Å². The highest BCUT2D eigenvalue weighted by molar-refractivity contribution is 6.12. The Bertz CT molecular complexity index is 1330. The minimum absolute atomic E-state index is 0.0161. The topological polar surface area (TPSA) is 97.1 Å². The van der Waals surface area contributed by atoms with E-state index in [1.165, 1.54) is 18.2 Å². The lowest BCUT2D eigenvalue weighted by Crippen LogP contribution is -2.17. The zero-order valence-corrected chi connectivity index (χ0v) is 18.5. The van der Waals surface area contributed by atoms with E-state index < -0.39 is 11.7 Å². The molecule has 0 saturated carbocycles. The number of hydrogen-bond acceptors (Lipinski definition) is 5. The van der Waals surface area contributed by atoms with Gasteiger partial charge in [-0.2, -0.15) is 0 Å². The molecule has 0 aliphatic carbocycles. The van der Waals surface area contributed by atoms with Crippen LogP contribution in [0, 0.1) is 12.7 Å². The molecule has 2 aromatic heterocycles. The number of carbonyl (C=O) groups is 2. The lowest BCUT2D eigenvalue weighted by atomic mass is 10.0. The molecule has 8 heteroatoms. The summed E-state index contributed by atoms with van der Waals surface area (Å²) in [5.74, 6) is -1.30. The van der Waals surface area contributed by atoms with E-state index in [-0.39, 0.29) is 29.6 Å². The minimum atomic E-state index is -0.599. The van der Waals surface area contributed by atoms with Gasteiger partial charge in [-0.3, -0.25) is 9.59 Å². The molecule has 4 rings (SSSR count). The predicted molar refractivity (Wildman–Crippen MR) is 124 cm³/mol. The van der Waals surface area contributed by atoms with Crippen LogP contribution in [0.15, 0.2) is 59.1 Å². The fourth-order valence-corrected chi connectivity index (χ4v) is 3.46. The molecule has 2 aromatic carbocycles. The number of hydrogen-bond donors (Lipinski definition) is 2. The molecule has 0 saturated heterocycles. The smallest absolute Gasteiger partial charge is 0.259 e. The van der Waals surface area contributed by atoms with Gasteiger partial charge in [-0.1, -0.05) is 49.3 Å². The van der Waals surface area contributed by atoms with Crippen molar-refractivity contribution < 1.29 is 18.5 Å². The minimum Gasteiger partial charge on any atom is -0.336 e. The van der Waals surface area contributed by atoms with Crippen molar-refractivity contribution in [3.05, 3.63) is 82.9 Å². The van der Waals surface area contributed by atoms with Crippen LogP contribution in [0.5, 0.6) is 0 Å². The molecular formula is C25H23FN4O3. The quantitative estimate of drug-likeness (QED) is 0.423. The van der Waals surface area contributed by atoms with Crippen LogP contribution in [-0.4, -0.2) is 22.0 Å². The second kappa shape index (κ2) is 9.20. The molecule has 0 fully saturated rings. The first-order valence-electron chi connectivity index (χ1n) is 10.5. The van der Waals surface area contributed by atoms with Crippen molar-refractivity contribution in [2.45, 2.75) is 33.1 Å². The van der Waals surface area contributed by atoms with Crippen LogP contribution in [0.4, 0.5) is 15.8 Å². The summed E-state index contributed by atoms with van der Waals surface area (Å²) in [6.07, 6.45) is 0.108. The van der Waals surface area contributed by atoms with E-state index in [0.717, 1.165) is 5.56 Å². The standard InChI is InChI=1S/C25H23FN4O3/c1-14(2)20-13-18(23-15(3)30-33-25(23)29-20)24(32)27-17-9-10-19(26)21(12-17)28-22(31)11-16-7-5-4-6-8-16/h4-10,12-14H,11H2,1-3H3,(H,27,32)(H,28,31). The van der Waals surface area contributed by atoms with E-state index in [9.17, 15) is 14.0 Å². The molecule has 0 atom stereocenters. The van der Waals surface area contributed by atoms with Crippen molar-refractivity contribution in [1.29, 1.82) is 0 Å². The summed E-state index contributed by atoms with van der Waals surface area (Å²) in [6.45, 7) is 5.66. The first kappa shape index (κ1) is 22.1. The van der Waals surface area contributed by atoms with Gasteiger partial charge in [0, 0.05) is 11.4 Å². The van der Waals surface area contributed by atoms with Crippen molar-refractivity contribution in [2.24, 2.45) is 0 Å². The lowest BCUT2D eigenvalue weighted by Gasteiger charge is -2.12. The Kier molecular flexibility index (Phi) is 6.17. The average Bonchev–Trinajstić information content (AvgIpc) is 3.16. The fraction of sp³-hybridized carbons (Fsp3) is 0.200. The van der Waals surface area contributed by atoms with Crippen LogP contribution in [0.3, 0.4) is 0 Å². The second-order valence-electron chi connectivity index (χ2n) is 8.06. The maximum Gasteiger partial charge on any atom is 0.259 e. The van der Waals surface area contributed by atoms with Gasteiger partial charge in [-0.05, 0) is 42.7 Å². The summed E-state index contributed by atoms with van der Waals surface area (Å²) in [6, 6.07) is 14.9. The highest BCUT2D eigenvalue weighted by atomic mass is 19.1. The first-order valence-corrected chi connectivity index (χ1v) is 10.5. The number of halogens is 1. The average molecular weight is 446 g/mol. The van der Waals surface area contributed by atoms with E-state index in [1.54, 1.807) is 13.0 Å². The number of anilines is 2. The monoisotopic (exact) mass is 446 g/mol. The van der Waals surface area contributed by atoms with Crippen LogP contribution in [0.1, 0.15) is 47.1 Å². The summed E-state index contributed by atoms with van der Waals surface area (Å²) in [7, 11) is 0. The Hall–Kier alpha value is -4.07. The van der Waals surface area contributed by atoms with E-state index in [2.05, 4.69) is 20.8 Å². The molecule has 0 bridgehead atoms. The van der Waals surface area contributed by atoms with Crippen LogP contribution in [0.2, 0.25) is 0 Å². The molecule has 7 nitrogen and oxygen atoms in total. The van der Waals surface area contributed by atoms with Crippen molar-refractivity contribution in [3.63, 3.8) is 0 Å². The van der Waals surface area contributed by atoms with E-state index in [0.29, 0.717) is 28.0 Å². The van der Waals surface area contributed by atoms with Gasteiger partial charge in [0.2, 0.25) is 5.91 Å². The third-order valence-electron chi connectivity index (χ3n) is 5.18. The zero-order valence-electron chi connectivity index (χ0n) is 18.5. The predicted octanol–water partition coefficient (Wildman–Crippen LogP) is 5.23. The number of pyridine rings is 1. The Morgan fingerprint density at radius 3 is 2.55 bits per heavy atom. The third-order valence-corrected chi connectivity index (χ3v) is 5.18. The molecule has 168 valence electrons. The van der Waals surface area contributed by atoms with Gasteiger partial charge in [0.05, 0.1) is 28.8 Å². The van der Waals surface area contributed by atoms with Gasteiger partial charge in [0.1, 0.15) is 5.82 Å². The third kappa shape index (κ3) is 4.90. The van der Waals surface area contributed by atoms with Crippen molar-refractivity contribution in [1.82, 2.24) is 10.1 Å². The zero-order chi connectivity index (χ0) is 23.5. The molecule has 2 heterocycles. The molecule has 33 heavy (non-hydrogen) atoms. The number of aryl methyl sites for hydroxylation is 1. The lowest BCUT2D eigenvalue weighted by molar-refractivity contribution is -0.115. The Labute approximate surface area is 190 Å². The molecule has 2 amide bonds. The highest BCUT2D eigenvalue weighted by Gasteiger charge is 2.20. The van der Waals surface area contributed by atoms with Crippen molar-refractivity contribution >= 4 is 34.3 Å². The van der Waals surface area contributed by atoms with Crippen LogP contribution in [-0.2, 0) is 11.2 Å². The number of carbonyl (C=O) groups excluding carboxylic acids is 2. The van der Waals surface area contributed by atoms with Crippen LogP contribution < -0.4 is 10.6 Å².